The number of nitrogens with zero attached hydrogens (tertiary/aromatic N) is 4. The third kappa shape index (κ3) is 4.05. The number of methoxy groups -OCH3 is 1. The molecule has 0 saturated carbocycles. The fraction of sp³-hybridized carbons (Fsp3) is 0.300. The van der Waals surface area contributed by atoms with Crippen LogP contribution in [0.2, 0.25) is 5.02 Å². The van der Waals surface area contributed by atoms with Gasteiger partial charge < -0.3 is 9.47 Å². The van der Waals surface area contributed by atoms with Crippen molar-refractivity contribution < 1.29 is 14.3 Å². The number of ether oxygens (including phenoxy) is 2. The van der Waals surface area contributed by atoms with Gasteiger partial charge >= 0.3 is 5.97 Å². The van der Waals surface area contributed by atoms with Gasteiger partial charge in [0.25, 0.3) is 0 Å². The number of esters is 1. The second-order valence-corrected chi connectivity index (χ2v) is 6.39. The molecule has 3 aromatic rings. The van der Waals surface area contributed by atoms with Crippen LogP contribution in [0, 0.1) is 0 Å². The van der Waals surface area contributed by atoms with Gasteiger partial charge in [-0.1, -0.05) is 11.6 Å². The molecule has 0 bridgehead atoms. The van der Waals surface area contributed by atoms with E-state index >= 15 is 0 Å². The minimum absolute atomic E-state index is 0.272. The van der Waals surface area contributed by atoms with Crippen molar-refractivity contribution in [3.8, 4) is 11.1 Å². The molecule has 0 fully saturated rings. The van der Waals surface area contributed by atoms with Crippen molar-refractivity contribution in [1.82, 2.24) is 19.7 Å². The zero-order chi connectivity index (χ0) is 20.1. The van der Waals surface area contributed by atoms with Gasteiger partial charge in [0.15, 0.2) is 5.65 Å². The number of carbonyl (C=O) groups excluding carboxylic acids is 1. The number of aromatic nitrogens is 4. The van der Waals surface area contributed by atoms with Gasteiger partial charge in [-0.15, -0.1) is 0 Å². The normalized spacial score (nSPS) is 11.4. The number of hydrogen-bond donors (Lipinski definition) is 0. The first kappa shape index (κ1) is 20.0. The van der Waals surface area contributed by atoms with Crippen LogP contribution in [0.25, 0.3) is 28.2 Å². The number of carbonyl (C=O) groups is 1. The Morgan fingerprint density at radius 2 is 2.11 bits per heavy atom. The fourth-order valence-electron chi connectivity index (χ4n) is 3.01. The SMILES string of the molecule is CCOC(=O)C=Cc1c(COC)nc2c(cnn2CC)c1-c1cncc(Cl)c1. The number of aryl methyl sites for hydroxylation is 1. The summed E-state index contributed by atoms with van der Waals surface area (Å²) < 4.78 is 12.2. The maximum Gasteiger partial charge on any atom is 0.330 e. The summed E-state index contributed by atoms with van der Waals surface area (Å²) in [6, 6.07) is 1.82. The monoisotopic (exact) mass is 400 g/mol. The number of hydrogen-bond acceptors (Lipinski definition) is 6. The highest BCUT2D eigenvalue weighted by atomic mass is 35.5. The molecule has 146 valence electrons. The van der Waals surface area contributed by atoms with Crippen LogP contribution < -0.4 is 0 Å². The fourth-order valence-corrected chi connectivity index (χ4v) is 3.18. The summed E-state index contributed by atoms with van der Waals surface area (Å²) in [6.07, 6.45) is 8.14. The van der Waals surface area contributed by atoms with E-state index in [2.05, 4.69) is 10.1 Å². The minimum atomic E-state index is -0.426. The lowest BCUT2D eigenvalue weighted by Crippen LogP contribution is -2.05. The molecular weight excluding hydrogens is 380 g/mol. The van der Waals surface area contributed by atoms with Crippen molar-refractivity contribution in [1.29, 1.82) is 0 Å². The van der Waals surface area contributed by atoms with Crippen molar-refractivity contribution in [2.45, 2.75) is 27.0 Å². The average molecular weight is 401 g/mol. The molecule has 3 heterocycles. The zero-order valence-electron chi connectivity index (χ0n) is 16.0. The van der Waals surface area contributed by atoms with Crippen LogP contribution in [0.5, 0.6) is 0 Å². The molecule has 0 aliphatic heterocycles. The molecule has 0 radical (unpaired) electrons. The highest BCUT2D eigenvalue weighted by Crippen LogP contribution is 2.35. The molecular formula is C20H21ClN4O3. The van der Waals surface area contributed by atoms with E-state index in [-0.39, 0.29) is 6.61 Å². The molecule has 0 spiro atoms. The molecule has 0 aromatic carbocycles. The number of pyridine rings is 2. The van der Waals surface area contributed by atoms with E-state index in [9.17, 15) is 4.79 Å². The first-order valence-electron chi connectivity index (χ1n) is 8.92. The molecule has 3 aromatic heterocycles. The van der Waals surface area contributed by atoms with Crippen LogP contribution in [-0.4, -0.2) is 39.4 Å². The topological polar surface area (TPSA) is 79.1 Å². The van der Waals surface area contributed by atoms with Gasteiger partial charge in [0, 0.05) is 54.2 Å². The molecule has 7 nitrogen and oxygen atoms in total. The Balaban J connectivity index is 2.32. The van der Waals surface area contributed by atoms with Gasteiger partial charge in [-0.25, -0.2) is 14.5 Å². The molecule has 8 heteroatoms. The minimum Gasteiger partial charge on any atom is -0.463 e. The van der Waals surface area contributed by atoms with Gasteiger partial charge in [0.2, 0.25) is 0 Å². The summed E-state index contributed by atoms with van der Waals surface area (Å²) in [5.74, 6) is -0.426. The van der Waals surface area contributed by atoms with E-state index in [0.717, 1.165) is 27.7 Å². The van der Waals surface area contributed by atoms with Gasteiger partial charge in [0.05, 0.1) is 30.1 Å². The van der Waals surface area contributed by atoms with Crippen molar-refractivity contribution >= 4 is 34.7 Å². The van der Waals surface area contributed by atoms with Crippen LogP contribution in [0.3, 0.4) is 0 Å². The predicted molar refractivity (Wildman–Crippen MR) is 108 cm³/mol. The van der Waals surface area contributed by atoms with Crippen molar-refractivity contribution in [3.63, 3.8) is 0 Å². The number of fused-ring (bicyclic) bond motifs is 1. The zero-order valence-corrected chi connectivity index (χ0v) is 16.7. The maximum absolute atomic E-state index is 11.9. The Bertz CT molecular complexity index is 1030. The van der Waals surface area contributed by atoms with E-state index in [1.165, 1.54) is 6.08 Å². The molecule has 3 rings (SSSR count). The average Bonchev–Trinajstić information content (AvgIpc) is 3.08. The third-order valence-corrected chi connectivity index (χ3v) is 4.36. The largest absolute Gasteiger partial charge is 0.463 e. The first-order valence-corrected chi connectivity index (χ1v) is 9.29. The van der Waals surface area contributed by atoms with Crippen LogP contribution in [0.15, 0.2) is 30.7 Å². The number of halogens is 1. The highest BCUT2D eigenvalue weighted by Gasteiger charge is 2.19. The standard InChI is InChI=1S/C20H21ClN4O3/c1-4-25-20-16(11-23-25)19(13-8-14(21)10-22-9-13)15(17(24-20)12-27-3)6-7-18(26)28-5-2/h6-11H,4-5,12H2,1-3H3. The van der Waals surface area contributed by atoms with Crippen molar-refractivity contribution in [3.05, 3.63) is 47.0 Å². The highest BCUT2D eigenvalue weighted by molar-refractivity contribution is 6.30. The lowest BCUT2D eigenvalue weighted by atomic mass is 9.97. The summed E-state index contributed by atoms with van der Waals surface area (Å²) in [6.45, 7) is 5.01. The van der Waals surface area contributed by atoms with Crippen LogP contribution >= 0.6 is 11.6 Å². The van der Waals surface area contributed by atoms with E-state index < -0.39 is 5.97 Å². The van der Waals surface area contributed by atoms with E-state index in [4.69, 9.17) is 26.1 Å². The molecule has 0 N–H and O–H groups in total. The third-order valence-electron chi connectivity index (χ3n) is 4.15. The quantitative estimate of drug-likeness (QED) is 0.442. The molecule has 28 heavy (non-hydrogen) atoms. The van der Waals surface area contributed by atoms with Gasteiger partial charge in [-0.3, -0.25) is 4.98 Å². The summed E-state index contributed by atoms with van der Waals surface area (Å²) in [5, 5.41) is 5.79. The predicted octanol–water partition coefficient (Wildman–Crippen LogP) is 3.89. The Hall–Kier alpha value is -2.77. The van der Waals surface area contributed by atoms with E-state index in [0.29, 0.717) is 23.9 Å². The molecule has 0 saturated heterocycles. The summed E-state index contributed by atoms with van der Waals surface area (Å²) in [7, 11) is 1.60. The molecule has 0 amide bonds. The molecule has 0 aliphatic rings. The number of rotatable bonds is 7. The van der Waals surface area contributed by atoms with E-state index in [1.807, 2.05) is 17.7 Å². The Kier molecular flexibility index (Phi) is 6.38. The second kappa shape index (κ2) is 8.95. The molecule has 0 aliphatic carbocycles. The summed E-state index contributed by atoms with van der Waals surface area (Å²) in [4.78, 5) is 20.8. The van der Waals surface area contributed by atoms with Crippen molar-refractivity contribution in [2.75, 3.05) is 13.7 Å². The van der Waals surface area contributed by atoms with Crippen LogP contribution in [0.4, 0.5) is 0 Å². The maximum atomic E-state index is 11.9. The lowest BCUT2D eigenvalue weighted by molar-refractivity contribution is -0.137. The van der Waals surface area contributed by atoms with E-state index in [1.54, 1.807) is 38.7 Å². The Morgan fingerprint density at radius 3 is 2.79 bits per heavy atom. The van der Waals surface area contributed by atoms with Crippen LogP contribution in [0.1, 0.15) is 25.1 Å². The lowest BCUT2D eigenvalue weighted by Gasteiger charge is -2.14. The van der Waals surface area contributed by atoms with Gasteiger partial charge in [-0.05, 0) is 26.0 Å². The molecule has 0 unspecified atom stereocenters. The van der Waals surface area contributed by atoms with Gasteiger partial charge in [0.1, 0.15) is 0 Å². The Morgan fingerprint density at radius 1 is 1.29 bits per heavy atom. The summed E-state index contributed by atoms with van der Waals surface area (Å²) >= 11 is 6.18. The van der Waals surface area contributed by atoms with Crippen molar-refractivity contribution in [2.24, 2.45) is 0 Å². The van der Waals surface area contributed by atoms with Crippen LogP contribution in [-0.2, 0) is 27.4 Å². The first-order chi connectivity index (χ1) is 13.6. The van der Waals surface area contributed by atoms with Gasteiger partial charge in [-0.2, -0.15) is 5.10 Å². The second-order valence-electron chi connectivity index (χ2n) is 5.96. The Labute approximate surface area is 168 Å². The molecule has 0 atom stereocenters. The summed E-state index contributed by atoms with van der Waals surface area (Å²) in [5.41, 5.74) is 3.80. The smallest absolute Gasteiger partial charge is 0.330 e.